The van der Waals surface area contributed by atoms with Gasteiger partial charge in [0.05, 0.1) is 32.9 Å². The summed E-state index contributed by atoms with van der Waals surface area (Å²) in [5.41, 5.74) is 0.944. The maximum Gasteiger partial charge on any atom is 0.418 e. The number of hydrogen-bond donors (Lipinski definition) is 2. The van der Waals surface area contributed by atoms with E-state index in [0.29, 0.717) is 13.0 Å². The van der Waals surface area contributed by atoms with Gasteiger partial charge in [0.25, 0.3) is 6.43 Å². The molecule has 7 rings (SSSR count). The van der Waals surface area contributed by atoms with Gasteiger partial charge in [-0.15, -0.1) is 0 Å². The highest BCUT2D eigenvalue weighted by Gasteiger charge is 2.51. The average Bonchev–Trinajstić information content (AvgIpc) is 3.63. The summed E-state index contributed by atoms with van der Waals surface area (Å²) >= 11 is 6.54. The molecule has 45 heavy (non-hydrogen) atoms. The van der Waals surface area contributed by atoms with E-state index < -0.39 is 40.8 Å². The van der Waals surface area contributed by atoms with Crippen LogP contribution in [0.2, 0.25) is 5.02 Å². The average molecular weight is 656 g/mol. The van der Waals surface area contributed by atoms with Crippen LogP contribution in [0.1, 0.15) is 49.7 Å². The highest BCUT2D eigenvalue weighted by Crippen LogP contribution is 2.46. The highest BCUT2D eigenvalue weighted by atomic mass is 35.5. The maximum absolute atomic E-state index is 16.7. The zero-order valence-electron chi connectivity index (χ0n) is 24.5. The van der Waals surface area contributed by atoms with Crippen molar-refractivity contribution in [2.45, 2.75) is 75.2 Å². The van der Waals surface area contributed by atoms with Crippen LogP contribution in [0.3, 0.4) is 0 Å². The van der Waals surface area contributed by atoms with Crippen molar-refractivity contribution >= 4 is 34.1 Å². The zero-order chi connectivity index (χ0) is 31.9. The predicted octanol–water partition coefficient (Wildman–Crippen LogP) is 5.98. The number of alkyl halides is 5. The molecule has 0 aliphatic carbocycles. The summed E-state index contributed by atoms with van der Waals surface area (Å²) in [5, 5.41) is 2.72. The monoisotopic (exact) mass is 655 g/mol. The van der Waals surface area contributed by atoms with Crippen LogP contribution >= 0.6 is 11.6 Å². The largest absolute Gasteiger partial charge is 0.461 e. The molecule has 1 unspecified atom stereocenters. The Morgan fingerprint density at radius 3 is 2.56 bits per heavy atom. The third-order valence-corrected chi connectivity index (χ3v) is 10.2. The van der Waals surface area contributed by atoms with Gasteiger partial charge in [0, 0.05) is 24.5 Å². The summed E-state index contributed by atoms with van der Waals surface area (Å²) in [7, 11) is 0. The van der Waals surface area contributed by atoms with Gasteiger partial charge in [-0.1, -0.05) is 11.6 Å². The number of ether oxygens (including phenoxy) is 1. The van der Waals surface area contributed by atoms with Crippen LogP contribution in [0.25, 0.3) is 22.2 Å². The number of halogens is 7. The molecule has 0 amide bonds. The lowest BCUT2D eigenvalue weighted by atomic mass is 9.95. The van der Waals surface area contributed by atoms with E-state index in [1.807, 2.05) is 0 Å². The molecule has 2 bridgehead atoms. The van der Waals surface area contributed by atoms with Crippen molar-refractivity contribution in [1.82, 2.24) is 25.2 Å². The van der Waals surface area contributed by atoms with Crippen LogP contribution in [-0.2, 0) is 6.18 Å². The van der Waals surface area contributed by atoms with Crippen LogP contribution in [-0.4, -0.2) is 76.2 Å². The Kier molecular flexibility index (Phi) is 7.28. The molecule has 15 heteroatoms. The van der Waals surface area contributed by atoms with Gasteiger partial charge in [-0.3, -0.25) is 4.90 Å². The van der Waals surface area contributed by atoms with Crippen molar-refractivity contribution in [3.8, 4) is 17.3 Å². The van der Waals surface area contributed by atoms with E-state index in [9.17, 15) is 22.0 Å². The molecule has 6 heterocycles. The molecule has 242 valence electrons. The highest BCUT2D eigenvalue weighted by molar-refractivity contribution is 6.34. The third kappa shape index (κ3) is 5.03. The van der Waals surface area contributed by atoms with Gasteiger partial charge in [-0.25, -0.2) is 18.2 Å². The Labute approximate surface area is 260 Å². The fourth-order valence-corrected chi connectivity index (χ4v) is 8.18. The van der Waals surface area contributed by atoms with E-state index in [1.54, 1.807) is 4.90 Å². The number of hydrogen-bond acceptors (Lipinski definition) is 8. The Balaban J connectivity index is 1.40. The molecule has 0 spiro atoms. The topological polar surface area (TPSA) is 92.4 Å². The lowest BCUT2D eigenvalue weighted by molar-refractivity contribution is -0.137. The Hall–Kier alpha value is -3.10. The maximum atomic E-state index is 16.7. The first kappa shape index (κ1) is 30.5. The van der Waals surface area contributed by atoms with Crippen molar-refractivity contribution in [1.29, 1.82) is 0 Å². The van der Waals surface area contributed by atoms with Crippen LogP contribution in [0.4, 0.5) is 38.0 Å². The molecule has 3 aromatic rings. The first-order chi connectivity index (χ1) is 21.3. The van der Waals surface area contributed by atoms with Gasteiger partial charge in [0.15, 0.2) is 5.82 Å². The normalized spacial score (nSPS) is 24.6. The first-order valence-corrected chi connectivity index (χ1v) is 15.4. The number of pyridine rings is 1. The number of nitrogens with two attached hydrogens (primary N) is 1. The summed E-state index contributed by atoms with van der Waals surface area (Å²) in [6.45, 7) is 3.49. The molecule has 4 saturated heterocycles. The van der Waals surface area contributed by atoms with E-state index in [2.05, 4.69) is 25.2 Å². The smallest absolute Gasteiger partial charge is 0.418 e. The zero-order valence-corrected chi connectivity index (χ0v) is 25.2. The fraction of sp³-hybridized carbons (Fsp3) is 0.567. The van der Waals surface area contributed by atoms with Gasteiger partial charge < -0.3 is 20.7 Å². The third-order valence-electron chi connectivity index (χ3n) is 9.94. The van der Waals surface area contributed by atoms with Gasteiger partial charge in [0.2, 0.25) is 0 Å². The molecular weight excluding hydrogens is 624 g/mol. The lowest BCUT2D eigenvalue weighted by Crippen LogP contribution is -2.63. The summed E-state index contributed by atoms with van der Waals surface area (Å²) in [6, 6.07) is 1.86. The molecule has 4 aliphatic rings. The van der Waals surface area contributed by atoms with Crippen molar-refractivity contribution in [2.75, 3.05) is 43.4 Å². The van der Waals surface area contributed by atoms with Crippen LogP contribution in [0.15, 0.2) is 12.1 Å². The number of anilines is 2. The Bertz CT molecular complexity index is 1660. The molecule has 0 saturated carbocycles. The number of piperazine rings is 1. The second-order valence-electron chi connectivity index (χ2n) is 12.8. The van der Waals surface area contributed by atoms with Crippen LogP contribution < -0.4 is 20.7 Å². The second-order valence-corrected chi connectivity index (χ2v) is 13.2. The van der Waals surface area contributed by atoms with E-state index in [-0.39, 0.29) is 70.3 Å². The predicted molar refractivity (Wildman–Crippen MR) is 157 cm³/mol. The minimum Gasteiger partial charge on any atom is -0.461 e. The molecule has 2 atom stereocenters. The first-order valence-electron chi connectivity index (χ1n) is 15.0. The number of nitrogen functional groups attached to an aromatic ring is 1. The lowest BCUT2D eigenvalue weighted by Gasteiger charge is -2.41. The van der Waals surface area contributed by atoms with Crippen molar-refractivity contribution < 1.29 is 31.1 Å². The van der Waals surface area contributed by atoms with E-state index >= 15 is 4.39 Å². The SMILES string of the molecule is Cc1cc(N)nc(-c2c(Cl)cc3c(N4C[C@H]5CCC(C(F)F)(C4)N5)nc(OCC45CCCN4CCC5)nc3c2F)c1C(F)(F)F. The van der Waals surface area contributed by atoms with Gasteiger partial charge in [0.1, 0.15) is 23.8 Å². The number of nitrogens with one attached hydrogen (secondary N) is 1. The summed E-state index contributed by atoms with van der Waals surface area (Å²) < 4.78 is 94.2. The quantitative estimate of drug-likeness (QED) is 0.314. The van der Waals surface area contributed by atoms with Crippen molar-refractivity contribution in [2.24, 2.45) is 0 Å². The molecular formula is C30H32ClF6N7O. The number of fused-ring (bicyclic) bond motifs is 4. The standard InChI is InChI=1S/C30H32ClF6N7O/c1-15-10-19(38)39-24(21(15)30(35,36)37)20-18(31)11-17-23(22(20)32)40-27(45-14-28-5-2-8-44(28)9-3-6-28)41-25(17)43-12-16-4-7-29(13-43,42-16)26(33)34/h10-11,16,26,42H,2-9,12-14H2,1H3,(H2,38,39)/t16-,29?/m1/s1. The summed E-state index contributed by atoms with van der Waals surface area (Å²) in [6.07, 6.45) is -2.95. The molecule has 8 nitrogen and oxygen atoms in total. The molecule has 2 aromatic heterocycles. The molecule has 3 N–H and O–H groups in total. The summed E-state index contributed by atoms with van der Waals surface area (Å²) in [4.78, 5) is 16.8. The minimum atomic E-state index is -4.90. The van der Waals surface area contributed by atoms with Crippen molar-refractivity contribution in [3.63, 3.8) is 0 Å². The van der Waals surface area contributed by atoms with E-state index in [1.165, 1.54) is 13.0 Å². The Morgan fingerprint density at radius 1 is 1.13 bits per heavy atom. The number of nitrogens with zero attached hydrogens (tertiary/aromatic N) is 5. The number of aromatic nitrogens is 3. The number of aryl methyl sites for hydroxylation is 1. The van der Waals surface area contributed by atoms with E-state index in [0.717, 1.165) is 44.8 Å². The molecule has 0 radical (unpaired) electrons. The molecule has 1 aromatic carbocycles. The minimum absolute atomic E-state index is 0.0648. The fourth-order valence-electron chi connectivity index (χ4n) is 7.90. The summed E-state index contributed by atoms with van der Waals surface area (Å²) in [5.74, 6) is -1.29. The molecule has 4 fully saturated rings. The van der Waals surface area contributed by atoms with Crippen LogP contribution in [0, 0.1) is 12.7 Å². The number of rotatable bonds is 6. The Morgan fingerprint density at radius 2 is 1.87 bits per heavy atom. The van der Waals surface area contributed by atoms with E-state index in [4.69, 9.17) is 22.1 Å². The van der Waals surface area contributed by atoms with Crippen molar-refractivity contribution in [3.05, 3.63) is 34.1 Å². The molecule has 4 aliphatic heterocycles. The van der Waals surface area contributed by atoms with Gasteiger partial charge in [-0.2, -0.15) is 23.1 Å². The van der Waals surface area contributed by atoms with Gasteiger partial charge >= 0.3 is 12.2 Å². The second kappa shape index (κ2) is 10.7. The number of benzene rings is 1. The van der Waals surface area contributed by atoms with Gasteiger partial charge in [-0.05, 0) is 76.2 Å². The van der Waals surface area contributed by atoms with Crippen LogP contribution in [0.5, 0.6) is 6.01 Å².